The van der Waals surface area contributed by atoms with Crippen LogP contribution < -0.4 is 4.90 Å². The second-order valence-electron chi connectivity index (χ2n) is 17.5. The summed E-state index contributed by atoms with van der Waals surface area (Å²) in [6, 6.07) is 66.7. The molecule has 1 spiro atoms. The second-order valence-corrected chi connectivity index (χ2v) is 18.6. The summed E-state index contributed by atoms with van der Waals surface area (Å²) in [6.07, 6.45) is 8.02. The first-order valence-electron chi connectivity index (χ1n) is 21.3. The first-order chi connectivity index (χ1) is 29.5. The van der Waals surface area contributed by atoms with Crippen LogP contribution >= 0.6 is 11.3 Å². The molecule has 0 saturated carbocycles. The molecule has 1 nitrogen and oxygen atoms in total. The molecule has 0 saturated heterocycles. The Kier molecular flexibility index (Phi) is 7.05. The smallest absolute Gasteiger partial charge is 0.0726 e. The van der Waals surface area contributed by atoms with Gasteiger partial charge >= 0.3 is 0 Å². The van der Waals surface area contributed by atoms with Crippen molar-refractivity contribution in [1.29, 1.82) is 0 Å². The van der Waals surface area contributed by atoms with Crippen LogP contribution in [0.15, 0.2) is 200 Å². The standard InChI is InChI=1S/C58H41NS/c1-57(2)48-20-10-6-16-41(48)43-30-28-39(34-52(43)57)59(38-26-24-37(25-27-38)36-14-4-3-5-15-36)40-29-31-44-42-17-7-11-21-49(42)58(53(44)35-40)50-22-12-8-19-47(50)55-51(58)33-32-46-45-18-9-13-23-54(45)60-56(46)55/h3-15,17-35,41H,16H2,1-2H3. The molecule has 2 heteroatoms. The Hall–Kier alpha value is -6.74. The number of hydrogen-bond acceptors (Lipinski definition) is 2. The summed E-state index contributed by atoms with van der Waals surface area (Å²) in [5.74, 6) is 0.445. The minimum atomic E-state index is -0.462. The fourth-order valence-corrected chi connectivity index (χ4v) is 12.9. The summed E-state index contributed by atoms with van der Waals surface area (Å²) in [5.41, 5.74) is 20.7. The molecular formula is C58H41NS. The minimum Gasteiger partial charge on any atom is -0.310 e. The van der Waals surface area contributed by atoms with Gasteiger partial charge in [-0.25, -0.2) is 0 Å². The maximum Gasteiger partial charge on any atom is 0.0726 e. The van der Waals surface area contributed by atoms with Crippen molar-refractivity contribution in [2.45, 2.75) is 37.0 Å². The lowest BCUT2D eigenvalue weighted by Crippen LogP contribution is -2.26. The molecule has 0 radical (unpaired) electrons. The van der Waals surface area contributed by atoms with Crippen LogP contribution in [0.25, 0.3) is 53.6 Å². The molecule has 0 aliphatic heterocycles. The highest BCUT2D eigenvalue weighted by molar-refractivity contribution is 7.26. The summed E-state index contributed by atoms with van der Waals surface area (Å²) in [6.45, 7) is 4.83. The molecule has 13 rings (SSSR count). The third kappa shape index (κ3) is 4.47. The highest BCUT2D eigenvalue weighted by Gasteiger charge is 2.52. The van der Waals surface area contributed by atoms with E-state index < -0.39 is 5.41 Å². The van der Waals surface area contributed by atoms with Gasteiger partial charge in [-0.15, -0.1) is 11.3 Å². The third-order valence-electron chi connectivity index (χ3n) is 14.3. The molecule has 0 amide bonds. The first-order valence-corrected chi connectivity index (χ1v) is 22.1. The zero-order valence-electron chi connectivity index (χ0n) is 33.6. The van der Waals surface area contributed by atoms with Crippen LogP contribution in [0, 0.1) is 0 Å². The van der Waals surface area contributed by atoms with Crippen LogP contribution in [0.1, 0.15) is 59.6 Å². The molecule has 2 unspecified atom stereocenters. The Morgan fingerprint density at radius 3 is 2.00 bits per heavy atom. The lowest BCUT2D eigenvalue weighted by atomic mass is 9.70. The molecular weight excluding hydrogens is 743 g/mol. The quantitative estimate of drug-likeness (QED) is 0.172. The van der Waals surface area contributed by atoms with Crippen LogP contribution in [0.5, 0.6) is 0 Å². The fraction of sp³-hybridized carbons (Fsp3) is 0.103. The van der Waals surface area contributed by atoms with Gasteiger partial charge in [-0.05, 0) is 110 Å². The molecule has 2 atom stereocenters. The van der Waals surface area contributed by atoms with Crippen LogP contribution in [0.3, 0.4) is 0 Å². The molecule has 8 aromatic carbocycles. The largest absolute Gasteiger partial charge is 0.310 e. The second kappa shape index (κ2) is 12.4. The zero-order chi connectivity index (χ0) is 39.7. The first kappa shape index (κ1) is 34.2. The maximum atomic E-state index is 2.53. The van der Waals surface area contributed by atoms with Gasteiger partial charge in [0.15, 0.2) is 0 Å². The average molecular weight is 784 g/mol. The van der Waals surface area contributed by atoms with E-state index in [1.807, 2.05) is 11.3 Å². The lowest BCUT2D eigenvalue weighted by Gasteiger charge is -2.32. The Labute approximate surface area is 355 Å². The summed E-state index contributed by atoms with van der Waals surface area (Å²) in [5, 5.41) is 2.68. The van der Waals surface area contributed by atoms with E-state index in [4.69, 9.17) is 0 Å². The van der Waals surface area contributed by atoms with E-state index in [-0.39, 0.29) is 5.41 Å². The van der Waals surface area contributed by atoms with E-state index in [1.165, 1.54) is 98.2 Å². The van der Waals surface area contributed by atoms with Crippen molar-refractivity contribution in [3.8, 4) is 33.4 Å². The monoisotopic (exact) mass is 783 g/mol. The van der Waals surface area contributed by atoms with E-state index in [1.54, 1.807) is 0 Å². The predicted molar refractivity (Wildman–Crippen MR) is 253 cm³/mol. The SMILES string of the molecule is CC1(C)C2=CC=CCC2c2ccc(N(c3ccc(-c4ccccc4)cc3)c3ccc4c(c3)C3(c5ccccc5-4)c4ccccc4-c4c3ccc3c4sc4ccccc43)cc21. The molecule has 1 aromatic heterocycles. The van der Waals surface area contributed by atoms with Gasteiger partial charge in [0.05, 0.1) is 5.41 Å². The molecule has 0 bridgehead atoms. The highest BCUT2D eigenvalue weighted by Crippen LogP contribution is 2.65. The maximum absolute atomic E-state index is 2.53. The number of allylic oxidation sites excluding steroid dienone is 4. The van der Waals surface area contributed by atoms with Crippen molar-refractivity contribution in [3.63, 3.8) is 0 Å². The summed E-state index contributed by atoms with van der Waals surface area (Å²) in [7, 11) is 0. The van der Waals surface area contributed by atoms with Gasteiger partial charge in [0.1, 0.15) is 0 Å². The van der Waals surface area contributed by atoms with Crippen molar-refractivity contribution >= 4 is 48.6 Å². The molecule has 0 fully saturated rings. The van der Waals surface area contributed by atoms with Gasteiger partial charge in [-0.1, -0.05) is 171 Å². The van der Waals surface area contributed by atoms with Crippen LogP contribution in [0.2, 0.25) is 0 Å². The van der Waals surface area contributed by atoms with E-state index >= 15 is 0 Å². The minimum absolute atomic E-state index is 0.0531. The lowest BCUT2D eigenvalue weighted by molar-refractivity contribution is 0.612. The van der Waals surface area contributed by atoms with Gasteiger partial charge in [0.25, 0.3) is 0 Å². The molecule has 0 N–H and O–H groups in total. The number of nitrogens with zero attached hydrogens (tertiary/aromatic N) is 1. The number of thiophene rings is 1. The average Bonchev–Trinajstić information content (AvgIpc) is 3.99. The van der Waals surface area contributed by atoms with E-state index in [2.05, 4.69) is 213 Å². The van der Waals surface area contributed by atoms with Gasteiger partial charge in [-0.3, -0.25) is 0 Å². The third-order valence-corrected chi connectivity index (χ3v) is 15.5. The molecule has 284 valence electrons. The van der Waals surface area contributed by atoms with Crippen molar-refractivity contribution in [2.75, 3.05) is 4.90 Å². The zero-order valence-corrected chi connectivity index (χ0v) is 34.4. The van der Waals surface area contributed by atoms with Crippen molar-refractivity contribution in [1.82, 2.24) is 0 Å². The Bertz CT molecular complexity index is 3320. The summed E-state index contributed by atoms with van der Waals surface area (Å²) in [4.78, 5) is 2.51. The number of benzene rings is 8. The van der Waals surface area contributed by atoms with E-state index in [9.17, 15) is 0 Å². The van der Waals surface area contributed by atoms with E-state index in [0.717, 1.165) is 17.8 Å². The summed E-state index contributed by atoms with van der Waals surface area (Å²) >= 11 is 1.94. The normalized spacial score (nSPS) is 18.5. The molecule has 4 aliphatic carbocycles. The van der Waals surface area contributed by atoms with Gasteiger partial charge in [0.2, 0.25) is 0 Å². The predicted octanol–water partition coefficient (Wildman–Crippen LogP) is 15.8. The molecule has 4 aliphatic rings. The molecule has 60 heavy (non-hydrogen) atoms. The van der Waals surface area contributed by atoms with Crippen molar-refractivity contribution in [2.24, 2.45) is 0 Å². The van der Waals surface area contributed by atoms with Crippen LogP contribution in [-0.4, -0.2) is 0 Å². The van der Waals surface area contributed by atoms with Crippen LogP contribution in [-0.2, 0) is 10.8 Å². The van der Waals surface area contributed by atoms with Crippen molar-refractivity contribution in [3.05, 3.63) is 233 Å². The Morgan fingerprint density at radius 2 is 1.17 bits per heavy atom. The van der Waals surface area contributed by atoms with Gasteiger partial charge in [0, 0.05) is 54.1 Å². The van der Waals surface area contributed by atoms with E-state index in [0.29, 0.717) is 5.92 Å². The summed E-state index contributed by atoms with van der Waals surface area (Å²) < 4.78 is 2.72. The van der Waals surface area contributed by atoms with Gasteiger partial charge < -0.3 is 4.90 Å². The number of hydrogen-bond donors (Lipinski definition) is 0. The topological polar surface area (TPSA) is 3.24 Å². The molecule has 9 aromatic rings. The number of rotatable bonds is 4. The highest BCUT2D eigenvalue weighted by atomic mass is 32.1. The Balaban J connectivity index is 1.06. The molecule has 1 heterocycles. The van der Waals surface area contributed by atoms with Crippen molar-refractivity contribution < 1.29 is 0 Å². The number of fused-ring (bicyclic) bond motifs is 17. The Morgan fingerprint density at radius 1 is 0.517 bits per heavy atom. The fourth-order valence-electron chi connectivity index (χ4n) is 11.7. The van der Waals surface area contributed by atoms with Gasteiger partial charge in [-0.2, -0.15) is 0 Å². The van der Waals surface area contributed by atoms with Crippen LogP contribution in [0.4, 0.5) is 17.1 Å². The number of anilines is 3.